The number of nitro benzene ring substituents is 1. The van der Waals surface area contributed by atoms with Crippen LogP contribution in [0.3, 0.4) is 0 Å². The molecule has 0 heterocycles. The predicted octanol–water partition coefficient (Wildman–Crippen LogP) is 2.70. The number of para-hydroxylation sites is 2. The molecule has 2 aromatic carbocycles. The van der Waals surface area contributed by atoms with E-state index in [9.17, 15) is 14.9 Å². The van der Waals surface area contributed by atoms with Crippen LogP contribution < -0.4 is 10.1 Å². The molecule has 7 heteroatoms. The molecular formula is C18H15N3O4. The van der Waals surface area contributed by atoms with Crippen molar-refractivity contribution in [1.29, 1.82) is 5.26 Å². The van der Waals surface area contributed by atoms with Crippen molar-refractivity contribution in [1.82, 2.24) is 5.32 Å². The second-order valence-corrected chi connectivity index (χ2v) is 4.90. The molecule has 0 fully saturated rings. The van der Waals surface area contributed by atoms with Gasteiger partial charge in [0.2, 0.25) is 0 Å². The molecule has 2 rings (SSSR count). The zero-order chi connectivity index (χ0) is 18.1. The molecule has 25 heavy (non-hydrogen) atoms. The Kier molecular flexibility index (Phi) is 6.25. The van der Waals surface area contributed by atoms with Crippen LogP contribution in [0.1, 0.15) is 5.56 Å². The van der Waals surface area contributed by atoms with Gasteiger partial charge in [0.15, 0.2) is 0 Å². The molecule has 0 aliphatic carbocycles. The van der Waals surface area contributed by atoms with E-state index in [2.05, 4.69) is 5.32 Å². The SMILES string of the molecule is N#C/C(=C\c1ccccc1[N+](=O)[O-])C(=O)NCCOc1ccccc1. The quantitative estimate of drug-likeness (QED) is 0.275. The fourth-order valence-electron chi connectivity index (χ4n) is 2.03. The summed E-state index contributed by atoms with van der Waals surface area (Å²) in [7, 11) is 0. The Morgan fingerprint density at radius 3 is 2.56 bits per heavy atom. The van der Waals surface area contributed by atoms with Crippen LogP contribution in [-0.4, -0.2) is 24.0 Å². The largest absolute Gasteiger partial charge is 0.492 e. The summed E-state index contributed by atoms with van der Waals surface area (Å²) in [6.07, 6.45) is 1.20. The lowest BCUT2D eigenvalue weighted by Crippen LogP contribution is -2.29. The van der Waals surface area contributed by atoms with Gasteiger partial charge in [0, 0.05) is 6.07 Å². The average molecular weight is 337 g/mol. The van der Waals surface area contributed by atoms with Crippen molar-refractivity contribution in [3.05, 3.63) is 75.8 Å². The van der Waals surface area contributed by atoms with Crippen molar-refractivity contribution in [2.45, 2.75) is 0 Å². The summed E-state index contributed by atoms with van der Waals surface area (Å²) >= 11 is 0. The van der Waals surface area contributed by atoms with Crippen molar-refractivity contribution in [2.24, 2.45) is 0 Å². The summed E-state index contributed by atoms with van der Waals surface area (Å²) in [5.41, 5.74) is -0.191. The van der Waals surface area contributed by atoms with Gasteiger partial charge in [-0.25, -0.2) is 0 Å². The molecule has 0 radical (unpaired) electrons. The van der Waals surface area contributed by atoms with Gasteiger partial charge in [-0.3, -0.25) is 14.9 Å². The number of hydrogen-bond donors (Lipinski definition) is 1. The first-order valence-electron chi connectivity index (χ1n) is 7.43. The number of carbonyl (C=O) groups is 1. The highest BCUT2D eigenvalue weighted by Crippen LogP contribution is 2.20. The summed E-state index contributed by atoms with van der Waals surface area (Å²) in [4.78, 5) is 22.5. The Hall–Kier alpha value is -3.66. The number of amides is 1. The molecule has 0 aromatic heterocycles. The fraction of sp³-hybridized carbons (Fsp3) is 0.111. The van der Waals surface area contributed by atoms with E-state index in [1.54, 1.807) is 24.3 Å². The van der Waals surface area contributed by atoms with Gasteiger partial charge in [-0.1, -0.05) is 30.3 Å². The lowest BCUT2D eigenvalue weighted by molar-refractivity contribution is -0.385. The molecule has 0 aliphatic heterocycles. The van der Waals surface area contributed by atoms with E-state index in [0.29, 0.717) is 5.75 Å². The number of hydrogen-bond acceptors (Lipinski definition) is 5. The van der Waals surface area contributed by atoms with Gasteiger partial charge in [-0.15, -0.1) is 0 Å². The Bertz CT molecular complexity index is 826. The maximum Gasteiger partial charge on any atom is 0.276 e. The lowest BCUT2D eigenvalue weighted by atomic mass is 10.1. The van der Waals surface area contributed by atoms with Gasteiger partial charge in [0.05, 0.1) is 17.0 Å². The van der Waals surface area contributed by atoms with E-state index in [4.69, 9.17) is 10.00 Å². The number of nitriles is 1. The standard InChI is InChI=1S/C18H15N3O4/c19-13-15(12-14-6-4-5-9-17(14)21(23)24)18(22)20-10-11-25-16-7-2-1-3-8-16/h1-9,12H,10-11H2,(H,20,22)/b15-12+. The smallest absolute Gasteiger partial charge is 0.276 e. The molecule has 0 saturated carbocycles. The molecule has 0 unspecified atom stereocenters. The van der Waals surface area contributed by atoms with Crippen molar-refractivity contribution in [2.75, 3.05) is 13.2 Å². The highest BCUT2D eigenvalue weighted by Gasteiger charge is 2.14. The van der Waals surface area contributed by atoms with Crippen molar-refractivity contribution >= 4 is 17.7 Å². The predicted molar refractivity (Wildman–Crippen MR) is 91.6 cm³/mol. The maximum atomic E-state index is 12.0. The Morgan fingerprint density at radius 2 is 1.88 bits per heavy atom. The Balaban J connectivity index is 1.97. The number of nitro groups is 1. The van der Waals surface area contributed by atoms with E-state index >= 15 is 0 Å². The number of carbonyl (C=O) groups excluding carboxylic acids is 1. The third-order valence-electron chi connectivity index (χ3n) is 3.20. The topological polar surface area (TPSA) is 105 Å². The summed E-state index contributed by atoms with van der Waals surface area (Å²) in [6, 6.07) is 16.8. The van der Waals surface area contributed by atoms with Crippen LogP contribution in [0, 0.1) is 21.4 Å². The number of ether oxygens (including phenoxy) is 1. The average Bonchev–Trinajstić information content (AvgIpc) is 2.64. The molecule has 1 N–H and O–H groups in total. The van der Waals surface area contributed by atoms with Crippen LogP contribution in [-0.2, 0) is 4.79 Å². The molecule has 1 amide bonds. The number of nitrogens with one attached hydrogen (secondary N) is 1. The summed E-state index contributed by atoms with van der Waals surface area (Å²) < 4.78 is 5.43. The summed E-state index contributed by atoms with van der Waals surface area (Å²) in [5.74, 6) is 0.0602. The van der Waals surface area contributed by atoms with E-state index < -0.39 is 10.8 Å². The maximum absolute atomic E-state index is 12.0. The van der Waals surface area contributed by atoms with Gasteiger partial charge >= 0.3 is 0 Å². The Morgan fingerprint density at radius 1 is 1.20 bits per heavy atom. The van der Waals surface area contributed by atoms with Crippen LogP contribution in [0.5, 0.6) is 5.75 Å². The van der Waals surface area contributed by atoms with Gasteiger partial charge in [-0.05, 0) is 24.3 Å². The normalized spacial score (nSPS) is 10.6. The molecule has 0 saturated heterocycles. The summed E-state index contributed by atoms with van der Waals surface area (Å²) in [5, 5.41) is 22.7. The number of benzene rings is 2. The number of nitrogens with zero attached hydrogens (tertiary/aromatic N) is 2. The molecule has 0 spiro atoms. The molecule has 0 atom stereocenters. The van der Waals surface area contributed by atoms with Crippen molar-refractivity contribution in [3.63, 3.8) is 0 Å². The molecule has 7 nitrogen and oxygen atoms in total. The van der Waals surface area contributed by atoms with E-state index in [1.807, 2.05) is 18.2 Å². The molecule has 2 aromatic rings. The van der Waals surface area contributed by atoms with Crippen LogP contribution >= 0.6 is 0 Å². The fourth-order valence-corrected chi connectivity index (χ4v) is 2.03. The minimum atomic E-state index is -0.614. The van der Waals surface area contributed by atoms with E-state index in [0.717, 1.165) is 0 Å². The first-order chi connectivity index (χ1) is 12.1. The monoisotopic (exact) mass is 337 g/mol. The van der Waals surface area contributed by atoms with E-state index in [-0.39, 0.29) is 30.0 Å². The molecule has 0 bridgehead atoms. The molecule has 0 aliphatic rings. The highest BCUT2D eigenvalue weighted by molar-refractivity contribution is 6.02. The Labute approximate surface area is 144 Å². The summed E-state index contributed by atoms with van der Waals surface area (Å²) in [6.45, 7) is 0.434. The van der Waals surface area contributed by atoms with Gasteiger partial charge in [-0.2, -0.15) is 5.26 Å². The minimum absolute atomic E-state index is 0.171. The van der Waals surface area contributed by atoms with Gasteiger partial charge in [0.1, 0.15) is 24.0 Å². The molecular weight excluding hydrogens is 322 g/mol. The zero-order valence-corrected chi connectivity index (χ0v) is 13.2. The van der Waals surface area contributed by atoms with Crippen LogP contribution in [0.15, 0.2) is 60.2 Å². The third kappa shape index (κ3) is 5.18. The molecule has 126 valence electrons. The number of rotatable bonds is 7. The first kappa shape index (κ1) is 17.7. The van der Waals surface area contributed by atoms with Crippen LogP contribution in [0.25, 0.3) is 6.08 Å². The second kappa shape index (κ2) is 8.84. The van der Waals surface area contributed by atoms with Crippen LogP contribution in [0.4, 0.5) is 5.69 Å². The van der Waals surface area contributed by atoms with Gasteiger partial charge < -0.3 is 10.1 Å². The van der Waals surface area contributed by atoms with E-state index in [1.165, 1.54) is 24.3 Å². The second-order valence-electron chi connectivity index (χ2n) is 4.90. The van der Waals surface area contributed by atoms with Gasteiger partial charge in [0.25, 0.3) is 11.6 Å². The van der Waals surface area contributed by atoms with Crippen LogP contribution in [0.2, 0.25) is 0 Å². The van der Waals surface area contributed by atoms with Crippen molar-refractivity contribution in [3.8, 4) is 11.8 Å². The van der Waals surface area contributed by atoms with Crippen molar-refractivity contribution < 1.29 is 14.5 Å². The highest BCUT2D eigenvalue weighted by atomic mass is 16.6. The zero-order valence-electron chi connectivity index (χ0n) is 13.2. The minimum Gasteiger partial charge on any atom is -0.492 e. The third-order valence-corrected chi connectivity index (χ3v) is 3.20. The first-order valence-corrected chi connectivity index (χ1v) is 7.43. The lowest BCUT2D eigenvalue weighted by Gasteiger charge is -2.07.